The van der Waals surface area contributed by atoms with Crippen molar-refractivity contribution in [2.45, 2.75) is 0 Å². The van der Waals surface area contributed by atoms with Gasteiger partial charge in [-0.25, -0.2) is 0 Å². The molecule has 1 rings (SSSR count). The Morgan fingerprint density at radius 1 is 1.83 bits per heavy atom. The number of nitrogens with zero attached hydrogens (tertiary/aromatic N) is 1. The molecular weight excluding hydrogens is 74.9 g/mol. The first-order chi connectivity index (χ1) is 2.84. The van der Waals surface area contributed by atoms with Gasteiger partial charge < -0.3 is 5.73 Å². The summed E-state index contributed by atoms with van der Waals surface area (Å²) in [6.45, 7) is 0. The van der Waals surface area contributed by atoms with Gasteiger partial charge in [-0.2, -0.15) is 5.26 Å². The Kier molecular flexibility index (Phi) is 0.427. The lowest BCUT2D eigenvalue weighted by molar-refractivity contribution is 1.51. The van der Waals surface area contributed by atoms with E-state index >= 15 is 0 Å². The van der Waals surface area contributed by atoms with Gasteiger partial charge in [0.15, 0.2) is 0 Å². The molecule has 0 aromatic heterocycles. The fraction of sp³-hybridized carbons (Fsp3) is 0. The van der Waals surface area contributed by atoms with Crippen LogP contribution >= 0.6 is 0 Å². The molecule has 2 nitrogen and oxygen atoms in total. The Morgan fingerprint density at radius 3 is 2.33 bits per heavy atom. The van der Waals surface area contributed by atoms with Crippen molar-refractivity contribution in [1.82, 2.24) is 0 Å². The summed E-state index contributed by atoms with van der Waals surface area (Å²) < 4.78 is 0. The van der Waals surface area contributed by atoms with Crippen molar-refractivity contribution in [1.29, 1.82) is 5.26 Å². The molecule has 0 bridgehead atoms. The van der Waals surface area contributed by atoms with Gasteiger partial charge in [-0.15, -0.1) is 0 Å². The van der Waals surface area contributed by atoms with Crippen LogP contribution in [0.2, 0.25) is 0 Å². The van der Waals surface area contributed by atoms with Crippen molar-refractivity contribution in [3.8, 4) is 6.07 Å². The Bertz CT molecular complexity index is 141. The third-order valence-electron chi connectivity index (χ3n) is 0.648. The molecule has 0 aromatic rings. The minimum Gasteiger partial charge on any atom is -0.410 e. The van der Waals surface area contributed by atoms with Gasteiger partial charge in [0.25, 0.3) is 0 Å². The van der Waals surface area contributed by atoms with Crippen LogP contribution < -0.4 is 5.73 Å². The molecule has 0 amide bonds. The first kappa shape index (κ1) is 3.29. The predicted octanol–water partition coefficient (Wildman–Crippen LogP) is -0.644. The van der Waals surface area contributed by atoms with Crippen LogP contribution in [-0.2, 0) is 0 Å². The van der Waals surface area contributed by atoms with Gasteiger partial charge in [0.05, 0.1) is 6.07 Å². The zero-order chi connectivity index (χ0) is 4.57. The first-order valence-electron chi connectivity index (χ1n) is 1.59. The van der Waals surface area contributed by atoms with E-state index in [0.717, 1.165) is 0 Å². The fourth-order valence-electron chi connectivity index (χ4n) is 0.216. The SMILES string of the molecule is N#CC1=C(N)[B]1. The summed E-state index contributed by atoms with van der Waals surface area (Å²) >= 11 is 0. The normalized spacial score (nSPS) is 15.8. The highest BCUT2D eigenvalue weighted by Gasteiger charge is 2.18. The van der Waals surface area contributed by atoms with E-state index in [1.54, 1.807) is 7.28 Å². The Balaban J connectivity index is 2.67. The second-order valence-electron chi connectivity index (χ2n) is 1.13. The summed E-state index contributed by atoms with van der Waals surface area (Å²) in [5, 5.41) is 7.96. The van der Waals surface area contributed by atoms with Crippen molar-refractivity contribution >= 4 is 7.28 Å². The predicted molar refractivity (Wildman–Crippen MR) is 22.6 cm³/mol. The average Bonchev–Trinajstić information content (AvgIpc) is 2.19. The first-order valence-corrected chi connectivity index (χ1v) is 1.59. The molecule has 0 unspecified atom stereocenters. The second-order valence-corrected chi connectivity index (χ2v) is 1.13. The Labute approximate surface area is 36.5 Å². The quantitative estimate of drug-likeness (QED) is 0.390. The highest BCUT2D eigenvalue weighted by Crippen LogP contribution is 2.10. The van der Waals surface area contributed by atoms with Crippen LogP contribution in [0.3, 0.4) is 0 Å². The minimum atomic E-state index is 0.634. The maximum atomic E-state index is 7.96. The van der Waals surface area contributed by atoms with E-state index in [1.807, 2.05) is 6.07 Å². The molecule has 0 spiro atoms. The molecule has 1 aliphatic rings. The lowest BCUT2D eigenvalue weighted by Crippen LogP contribution is -1.81. The summed E-state index contributed by atoms with van der Waals surface area (Å²) in [6.07, 6.45) is 0. The molecule has 0 saturated carbocycles. The molecule has 2 N–H and O–H groups in total. The minimum absolute atomic E-state index is 0.634. The number of hydrogen-bond acceptors (Lipinski definition) is 2. The molecule has 0 aromatic carbocycles. The van der Waals surface area contributed by atoms with Crippen molar-refractivity contribution < 1.29 is 0 Å². The van der Waals surface area contributed by atoms with E-state index in [9.17, 15) is 0 Å². The number of rotatable bonds is 0. The molecule has 0 saturated heterocycles. The van der Waals surface area contributed by atoms with Crippen LogP contribution in [0.5, 0.6) is 0 Å². The largest absolute Gasteiger partial charge is 0.410 e. The zero-order valence-corrected chi connectivity index (χ0v) is 3.10. The lowest BCUT2D eigenvalue weighted by atomic mass is 9.96. The van der Waals surface area contributed by atoms with Gasteiger partial charge in [0.2, 0.25) is 7.28 Å². The highest BCUT2D eigenvalue weighted by atomic mass is 14.6. The zero-order valence-electron chi connectivity index (χ0n) is 3.10. The summed E-state index contributed by atoms with van der Waals surface area (Å²) in [5.74, 6) is 0. The van der Waals surface area contributed by atoms with Crippen LogP contribution in [0.4, 0.5) is 0 Å². The van der Waals surface area contributed by atoms with Gasteiger partial charge in [-0.1, -0.05) is 0 Å². The summed E-state index contributed by atoms with van der Waals surface area (Å²) in [5.41, 5.74) is 6.35. The maximum Gasteiger partial charge on any atom is 0.228 e. The second kappa shape index (κ2) is 0.779. The average molecular weight is 76.9 g/mol. The third kappa shape index (κ3) is 0.270. The van der Waals surface area contributed by atoms with Crippen LogP contribution in [0.1, 0.15) is 0 Å². The van der Waals surface area contributed by atoms with E-state index < -0.39 is 0 Å². The van der Waals surface area contributed by atoms with Gasteiger partial charge >= 0.3 is 0 Å². The van der Waals surface area contributed by atoms with Crippen molar-refractivity contribution in [3.05, 3.63) is 11.1 Å². The van der Waals surface area contributed by atoms with E-state index in [0.29, 0.717) is 11.1 Å². The molecule has 0 atom stereocenters. The Morgan fingerprint density at radius 2 is 2.33 bits per heavy atom. The number of allylic oxidation sites excluding steroid dienone is 1. The van der Waals surface area contributed by atoms with Crippen LogP contribution in [0, 0.1) is 11.3 Å². The topological polar surface area (TPSA) is 49.8 Å². The van der Waals surface area contributed by atoms with E-state index in [2.05, 4.69) is 0 Å². The van der Waals surface area contributed by atoms with Gasteiger partial charge in [-0.05, 0) is 5.60 Å². The molecule has 6 heavy (non-hydrogen) atoms. The fourth-order valence-corrected chi connectivity index (χ4v) is 0.216. The van der Waals surface area contributed by atoms with Gasteiger partial charge in [-0.3, -0.25) is 0 Å². The van der Waals surface area contributed by atoms with Crippen LogP contribution in [0.15, 0.2) is 11.1 Å². The van der Waals surface area contributed by atoms with Crippen molar-refractivity contribution in [2.75, 3.05) is 0 Å². The van der Waals surface area contributed by atoms with Crippen LogP contribution in [0.25, 0.3) is 0 Å². The smallest absolute Gasteiger partial charge is 0.228 e. The van der Waals surface area contributed by atoms with Gasteiger partial charge in [0, 0.05) is 5.47 Å². The van der Waals surface area contributed by atoms with Crippen LogP contribution in [-0.4, -0.2) is 7.28 Å². The molecule has 1 aliphatic heterocycles. The standard InChI is InChI=1S/C3H2BN2/c5-1-2-3(6)4-2/h6H2. The molecule has 0 aliphatic carbocycles. The molecular formula is C3H2BN2. The van der Waals surface area contributed by atoms with E-state index in [4.69, 9.17) is 11.0 Å². The van der Waals surface area contributed by atoms with E-state index in [-0.39, 0.29) is 0 Å². The van der Waals surface area contributed by atoms with Crippen molar-refractivity contribution in [2.24, 2.45) is 5.73 Å². The molecule has 1 heterocycles. The maximum absolute atomic E-state index is 7.96. The summed E-state index contributed by atoms with van der Waals surface area (Å²) in [6, 6.07) is 1.89. The third-order valence-corrected chi connectivity index (χ3v) is 0.648. The number of hydrogen-bond donors (Lipinski definition) is 1. The molecule has 1 radical (unpaired) electrons. The summed E-state index contributed by atoms with van der Waals surface area (Å²) in [7, 11) is 1.64. The monoisotopic (exact) mass is 77.0 g/mol. The Hall–Kier alpha value is -0.905. The number of nitrogens with two attached hydrogens (primary N) is 1. The summed E-state index contributed by atoms with van der Waals surface area (Å²) in [4.78, 5) is 0. The van der Waals surface area contributed by atoms with Gasteiger partial charge in [0.1, 0.15) is 0 Å². The molecule has 0 fully saturated rings. The molecule has 3 heteroatoms. The lowest BCUT2D eigenvalue weighted by Gasteiger charge is -1.55. The van der Waals surface area contributed by atoms with Crippen molar-refractivity contribution in [3.63, 3.8) is 0 Å². The highest BCUT2D eigenvalue weighted by molar-refractivity contribution is 6.68. The van der Waals surface area contributed by atoms with E-state index in [1.165, 1.54) is 0 Å². The number of nitriles is 1. The molecule has 27 valence electrons.